The van der Waals surface area contributed by atoms with Crippen molar-refractivity contribution in [1.82, 2.24) is 25.4 Å². The maximum absolute atomic E-state index is 12.3. The first kappa shape index (κ1) is 16.4. The third kappa shape index (κ3) is 4.08. The summed E-state index contributed by atoms with van der Waals surface area (Å²) in [4.78, 5) is 43.0. The summed E-state index contributed by atoms with van der Waals surface area (Å²) in [6.45, 7) is 3.84. The van der Waals surface area contributed by atoms with Crippen LogP contribution in [0.5, 0.6) is 0 Å². The van der Waals surface area contributed by atoms with E-state index in [0.29, 0.717) is 19.5 Å². The number of urea groups is 1. The molecule has 8 heteroatoms. The highest BCUT2D eigenvalue weighted by Gasteiger charge is 2.30. The number of hydrogen-bond acceptors (Lipinski definition) is 5. The molecule has 128 valence electrons. The number of carbonyl (C=O) groups is 3. The zero-order valence-corrected chi connectivity index (χ0v) is 13.4. The van der Waals surface area contributed by atoms with Crippen molar-refractivity contribution in [2.75, 3.05) is 26.2 Å². The zero-order valence-electron chi connectivity index (χ0n) is 13.4. The Morgan fingerprint density at radius 2 is 2.04 bits per heavy atom. The van der Waals surface area contributed by atoms with Crippen molar-refractivity contribution in [2.45, 2.75) is 25.4 Å². The number of nitrogens with one attached hydrogen (secondary N) is 2. The molecular formula is C16H21N5O3. The smallest absolute Gasteiger partial charge is 0.322 e. The maximum Gasteiger partial charge on any atom is 0.322 e. The average Bonchev–Trinajstić information content (AvgIpc) is 2.92. The lowest BCUT2D eigenvalue weighted by molar-refractivity contribution is -0.133. The Labute approximate surface area is 140 Å². The van der Waals surface area contributed by atoms with E-state index in [1.165, 1.54) is 5.56 Å². The number of nitrogens with zero attached hydrogens (tertiary/aromatic N) is 3. The quantitative estimate of drug-likeness (QED) is 0.723. The highest BCUT2D eigenvalue weighted by molar-refractivity contribution is 6.04. The molecular weight excluding hydrogens is 310 g/mol. The van der Waals surface area contributed by atoms with Gasteiger partial charge in [-0.1, -0.05) is 6.07 Å². The summed E-state index contributed by atoms with van der Waals surface area (Å²) in [5, 5.41) is 4.69. The molecule has 3 heterocycles. The minimum absolute atomic E-state index is 0.0324. The monoisotopic (exact) mass is 331 g/mol. The number of rotatable bonds is 5. The number of piperazine rings is 1. The minimum atomic E-state index is -0.590. The predicted octanol–water partition coefficient (Wildman–Crippen LogP) is -0.286. The second-order valence-electron chi connectivity index (χ2n) is 6.07. The van der Waals surface area contributed by atoms with Gasteiger partial charge in [0.15, 0.2) is 0 Å². The molecule has 2 fully saturated rings. The van der Waals surface area contributed by atoms with Crippen molar-refractivity contribution in [3.05, 3.63) is 30.1 Å². The number of imide groups is 1. The first-order valence-electron chi connectivity index (χ1n) is 8.12. The van der Waals surface area contributed by atoms with Gasteiger partial charge < -0.3 is 10.2 Å². The summed E-state index contributed by atoms with van der Waals surface area (Å²) < 4.78 is 0. The van der Waals surface area contributed by atoms with Crippen LogP contribution in [0.2, 0.25) is 0 Å². The van der Waals surface area contributed by atoms with Crippen molar-refractivity contribution in [3.63, 3.8) is 0 Å². The molecule has 1 aromatic heterocycles. The summed E-state index contributed by atoms with van der Waals surface area (Å²) in [7, 11) is 0. The fourth-order valence-electron chi connectivity index (χ4n) is 2.99. The van der Waals surface area contributed by atoms with Crippen molar-refractivity contribution >= 4 is 17.8 Å². The van der Waals surface area contributed by atoms with Crippen molar-refractivity contribution in [1.29, 1.82) is 0 Å². The van der Waals surface area contributed by atoms with Crippen LogP contribution in [-0.4, -0.2) is 64.9 Å². The number of carbonyl (C=O) groups excluding carboxylic acids is 3. The minimum Gasteiger partial charge on any atom is -0.340 e. The maximum atomic E-state index is 12.3. The number of hydrogen-bond donors (Lipinski definition) is 2. The summed E-state index contributed by atoms with van der Waals surface area (Å²) in [5.41, 5.74) is 1.17. The van der Waals surface area contributed by atoms with E-state index in [1.54, 1.807) is 6.20 Å². The Kier molecular flexibility index (Phi) is 5.05. The van der Waals surface area contributed by atoms with Crippen LogP contribution in [0.1, 0.15) is 18.4 Å². The fraction of sp³-hybridized carbons (Fsp3) is 0.500. The standard InChI is InChI=1S/C16H21N5O3/c22-14(4-3-13-15(23)19-16(24)18-13)21-8-6-20(7-9-21)11-12-2-1-5-17-10-12/h1-2,5,10,13H,3-4,6-9,11H2,(H2,18,19,23,24)/t13-/m1/s1. The van der Waals surface area contributed by atoms with Gasteiger partial charge in [0.25, 0.3) is 5.91 Å². The van der Waals surface area contributed by atoms with Gasteiger partial charge in [-0.25, -0.2) is 4.79 Å². The second kappa shape index (κ2) is 7.39. The van der Waals surface area contributed by atoms with E-state index >= 15 is 0 Å². The molecule has 4 amide bonds. The lowest BCUT2D eigenvalue weighted by Crippen LogP contribution is -2.48. The highest BCUT2D eigenvalue weighted by atomic mass is 16.2. The molecule has 2 saturated heterocycles. The summed E-state index contributed by atoms with van der Waals surface area (Å²) >= 11 is 0. The summed E-state index contributed by atoms with van der Waals surface area (Å²) in [5.74, 6) is -0.320. The van der Waals surface area contributed by atoms with Crippen LogP contribution in [0, 0.1) is 0 Å². The van der Waals surface area contributed by atoms with Gasteiger partial charge in [-0.15, -0.1) is 0 Å². The normalized spacial score (nSPS) is 21.5. The lowest BCUT2D eigenvalue weighted by atomic mass is 10.1. The molecule has 8 nitrogen and oxygen atoms in total. The third-order valence-corrected chi connectivity index (χ3v) is 4.36. The third-order valence-electron chi connectivity index (χ3n) is 4.36. The SMILES string of the molecule is O=C1NC(=O)[C@@H](CCC(=O)N2CCN(Cc3cccnc3)CC2)N1. The van der Waals surface area contributed by atoms with Gasteiger partial charge in [-0.2, -0.15) is 0 Å². The van der Waals surface area contributed by atoms with Crippen molar-refractivity contribution in [2.24, 2.45) is 0 Å². The van der Waals surface area contributed by atoms with Gasteiger partial charge in [0.05, 0.1) is 0 Å². The van der Waals surface area contributed by atoms with Crippen LogP contribution in [0.25, 0.3) is 0 Å². The molecule has 2 N–H and O–H groups in total. The van der Waals surface area contributed by atoms with Crippen LogP contribution in [0.4, 0.5) is 4.79 Å². The molecule has 1 aromatic rings. The largest absolute Gasteiger partial charge is 0.340 e. The first-order valence-corrected chi connectivity index (χ1v) is 8.12. The van der Waals surface area contributed by atoms with Gasteiger partial charge in [0.1, 0.15) is 6.04 Å². The van der Waals surface area contributed by atoms with E-state index in [-0.39, 0.29) is 18.2 Å². The highest BCUT2D eigenvalue weighted by Crippen LogP contribution is 2.10. The molecule has 0 spiro atoms. The Bertz CT molecular complexity index is 613. The van der Waals surface area contributed by atoms with Crippen LogP contribution in [-0.2, 0) is 16.1 Å². The molecule has 0 aliphatic carbocycles. The van der Waals surface area contributed by atoms with E-state index < -0.39 is 12.1 Å². The van der Waals surface area contributed by atoms with E-state index in [2.05, 4.69) is 20.5 Å². The zero-order chi connectivity index (χ0) is 16.9. The number of amides is 4. The fourth-order valence-corrected chi connectivity index (χ4v) is 2.99. The Hall–Kier alpha value is -2.48. The van der Waals surface area contributed by atoms with E-state index in [4.69, 9.17) is 0 Å². The average molecular weight is 331 g/mol. The second-order valence-corrected chi connectivity index (χ2v) is 6.07. The molecule has 0 bridgehead atoms. The number of pyridine rings is 1. The van der Waals surface area contributed by atoms with Gasteiger partial charge in [0, 0.05) is 51.5 Å². The lowest BCUT2D eigenvalue weighted by Gasteiger charge is -2.34. The first-order chi connectivity index (χ1) is 11.6. The summed E-state index contributed by atoms with van der Waals surface area (Å²) in [6.07, 6.45) is 4.22. The van der Waals surface area contributed by atoms with Gasteiger partial charge >= 0.3 is 6.03 Å². The molecule has 2 aliphatic heterocycles. The van der Waals surface area contributed by atoms with E-state index in [1.807, 2.05) is 23.2 Å². The molecule has 0 saturated carbocycles. The Morgan fingerprint density at radius 1 is 1.25 bits per heavy atom. The topological polar surface area (TPSA) is 94.6 Å². The molecule has 0 radical (unpaired) electrons. The molecule has 0 aromatic carbocycles. The van der Waals surface area contributed by atoms with Gasteiger partial charge in [-0.3, -0.25) is 24.8 Å². The number of aromatic nitrogens is 1. The van der Waals surface area contributed by atoms with E-state index in [9.17, 15) is 14.4 Å². The predicted molar refractivity (Wildman–Crippen MR) is 85.8 cm³/mol. The van der Waals surface area contributed by atoms with Crippen LogP contribution < -0.4 is 10.6 Å². The molecule has 24 heavy (non-hydrogen) atoms. The molecule has 2 aliphatic rings. The summed E-state index contributed by atoms with van der Waals surface area (Å²) in [6, 6.07) is 2.90. The van der Waals surface area contributed by atoms with Gasteiger partial charge in [-0.05, 0) is 18.1 Å². The Morgan fingerprint density at radius 3 is 2.67 bits per heavy atom. The van der Waals surface area contributed by atoms with Crippen molar-refractivity contribution < 1.29 is 14.4 Å². The van der Waals surface area contributed by atoms with E-state index in [0.717, 1.165) is 19.6 Å². The molecule has 3 rings (SSSR count). The van der Waals surface area contributed by atoms with Crippen LogP contribution >= 0.6 is 0 Å². The molecule has 0 unspecified atom stereocenters. The van der Waals surface area contributed by atoms with Crippen LogP contribution in [0.3, 0.4) is 0 Å². The van der Waals surface area contributed by atoms with Gasteiger partial charge in [0.2, 0.25) is 5.91 Å². The van der Waals surface area contributed by atoms with Crippen molar-refractivity contribution in [3.8, 4) is 0 Å². The van der Waals surface area contributed by atoms with Crippen LogP contribution in [0.15, 0.2) is 24.5 Å². The Balaban J connectivity index is 1.40. The molecule has 1 atom stereocenters.